The number of carbonyl (C=O) groups is 1. The van der Waals surface area contributed by atoms with Crippen molar-refractivity contribution in [3.63, 3.8) is 0 Å². The molecule has 4 rings (SSSR count). The van der Waals surface area contributed by atoms with E-state index in [-0.39, 0.29) is 22.9 Å². The summed E-state index contributed by atoms with van der Waals surface area (Å²) in [6, 6.07) is 12.8. The minimum absolute atomic E-state index is 0.0912. The lowest BCUT2D eigenvalue weighted by Crippen LogP contribution is -2.14. The minimum atomic E-state index is -1.15. The van der Waals surface area contributed by atoms with Gasteiger partial charge in [0, 0.05) is 16.7 Å². The first kappa shape index (κ1) is 20.3. The minimum Gasteiger partial charge on any atom is -0.476 e. The van der Waals surface area contributed by atoms with Crippen molar-refractivity contribution < 1.29 is 14.3 Å². The molecule has 1 atom stereocenters. The summed E-state index contributed by atoms with van der Waals surface area (Å²) in [6.45, 7) is 5.54. The number of aryl methyl sites for hydroxylation is 1. The van der Waals surface area contributed by atoms with E-state index in [0.717, 1.165) is 16.7 Å². The quantitative estimate of drug-likeness (QED) is 0.485. The van der Waals surface area contributed by atoms with E-state index in [1.807, 2.05) is 56.3 Å². The molecule has 0 saturated heterocycles. The van der Waals surface area contributed by atoms with Crippen molar-refractivity contribution in [3.05, 3.63) is 87.6 Å². The second kappa shape index (κ2) is 8.02. The van der Waals surface area contributed by atoms with Crippen LogP contribution >= 0.6 is 0 Å². The fraction of sp³-hybridized carbons (Fsp3) is 0.167. The monoisotopic (exact) mass is 415 g/mol. The van der Waals surface area contributed by atoms with E-state index in [2.05, 4.69) is 15.3 Å². The van der Waals surface area contributed by atoms with Crippen molar-refractivity contribution >= 4 is 22.6 Å². The number of fused-ring (bicyclic) bond motifs is 1. The summed E-state index contributed by atoms with van der Waals surface area (Å²) in [5.41, 5.74) is 3.54. The van der Waals surface area contributed by atoms with Gasteiger partial charge in [0.15, 0.2) is 11.1 Å². The Morgan fingerprint density at radius 2 is 1.90 bits per heavy atom. The van der Waals surface area contributed by atoms with Crippen molar-refractivity contribution in [1.29, 1.82) is 0 Å². The van der Waals surface area contributed by atoms with Crippen molar-refractivity contribution in [3.8, 4) is 11.3 Å². The topological polar surface area (TPSA) is 105 Å². The molecule has 0 saturated carbocycles. The van der Waals surface area contributed by atoms with Crippen molar-refractivity contribution in [2.45, 2.75) is 26.8 Å². The van der Waals surface area contributed by atoms with Gasteiger partial charge >= 0.3 is 5.97 Å². The third kappa shape index (κ3) is 3.77. The molecule has 0 fully saturated rings. The SMILES string of the molecule is Cc1cc(C(C)Nc2cncnc2C(=O)O)c2oc(-c3ccccc3)c(C)c(=O)c2c1. The first-order chi connectivity index (χ1) is 14.9. The fourth-order valence-corrected chi connectivity index (χ4v) is 3.67. The van der Waals surface area contributed by atoms with Crippen LogP contribution in [-0.2, 0) is 0 Å². The van der Waals surface area contributed by atoms with Gasteiger partial charge in [-0.15, -0.1) is 0 Å². The highest BCUT2D eigenvalue weighted by molar-refractivity contribution is 5.92. The molecule has 0 aliphatic heterocycles. The molecule has 7 heteroatoms. The van der Waals surface area contributed by atoms with E-state index in [0.29, 0.717) is 22.3 Å². The third-order valence-electron chi connectivity index (χ3n) is 5.18. The maximum Gasteiger partial charge on any atom is 0.356 e. The summed E-state index contributed by atoms with van der Waals surface area (Å²) >= 11 is 0. The zero-order valence-electron chi connectivity index (χ0n) is 17.3. The van der Waals surface area contributed by atoms with Gasteiger partial charge in [0.2, 0.25) is 0 Å². The Kier molecular flexibility index (Phi) is 5.25. The summed E-state index contributed by atoms with van der Waals surface area (Å²) in [6.07, 6.45) is 2.61. The van der Waals surface area contributed by atoms with E-state index in [1.165, 1.54) is 12.5 Å². The Bertz CT molecular complexity index is 1350. The van der Waals surface area contributed by atoms with Crippen molar-refractivity contribution in [2.75, 3.05) is 5.32 Å². The van der Waals surface area contributed by atoms with Crippen LogP contribution in [0.4, 0.5) is 5.69 Å². The normalized spacial score (nSPS) is 12.0. The molecule has 0 aliphatic carbocycles. The summed E-state index contributed by atoms with van der Waals surface area (Å²) in [5.74, 6) is -0.635. The second-order valence-corrected chi connectivity index (χ2v) is 7.44. The number of hydrogen-bond donors (Lipinski definition) is 2. The Hall–Kier alpha value is -4.00. The number of anilines is 1. The molecule has 2 aromatic heterocycles. The summed E-state index contributed by atoms with van der Waals surface area (Å²) in [7, 11) is 0. The van der Waals surface area contributed by atoms with E-state index in [4.69, 9.17) is 4.42 Å². The van der Waals surface area contributed by atoms with Gasteiger partial charge in [-0.05, 0) is 32.4 Å². The smallest absolute Gasteiger partial charge is 0.356 e. The van der Waals surface area contributed by atoms with Gasteiger partial charge in [-0.1, -0.05) is 36.4 Å². The van der Waals surface area contributed by atoms with Crippen LogP contribution in [0.25, 0.3) is 22.3 Å². The molecule has 31 heavy (non-hydrogen) atoms. The molecule has 156 valence electrons. The summed E-state index contributed by atoms with van der Waals surface area (Å²) in [4.78, 5) is 32.4. The predicted molar refractivity (Wildman–Crippen MR) is 118 cm³/mol. The van der Waals surface area contributed by atoms with Crippen LogP contribution < -0.4 is 10.7 Å². The van der Waals surface area contributed by atoms with Crippen LogP contribution in [0.3, 0.4) is 0 Å². The molecule has 0 spiro atoms. The summed E-state index contributed by atoms with van der Waals surface area (Å²) in [5, 5.41) is 13.0. The number of nitrogens with zero attached hydrogens (tertiary/aromatic N) is 2. The molecule has 0 aliphatic rings. The lowest BCUT2D eigenvalue weighted by molar-refractivity contribution is 0.0691. The van der Waals surface area contributed by atoms with Crippen molar-refractivity contribution in [1.82, 2.24) is 9.97 Å². The zero-order valence-corrected chi connectivity index (χ0v) is 17.3. The Labute approximate surface area is 178 Å². The maximum atomic E-state index is 13.2. The molecule has 2 N–H and O–H groups in total. The average molecular weight is 415 g/mol. The Morgan fingerprint density at radius 3 is 2.61 bits per heavy atom. The van der Waals surface area contributed by atoms with Crippen LogP contribution in [0, 0.1) is 13.8 Å². The number of aromatic carboxylic acids is 1. The van der Waals surface area contributed by atoms with Gasteiger partial charge < -0.3 is 14.8 Å². The van der Waals surface area contributed by atoms with Gasteiger partial charge in [-0.2, -0.15) is 0 Å². The van der Waals surface area contributed by atoms with E-state index in [9.17, 15) is 14.7 Å². The highest BCUT2D eigenvalue weighted by Crippen LogP contribution is 2.32. The van der Waals surface area contributed by atoms with Crippen LogP contribution in [0.2, 0.25) is 0 Å². The van der Waals surface area contributed by atoms with Crippen molar-refractivity contribution in [2.24, 2.45) is 0 Å². The third-order valence-corrected chi connectivity index (χ3v) is 5.18. The average Bonchev–Trinajstić information content (AvgIpc) is 2.77. The van der Waals surface area contributed by atoms with Gasteiger partial charge in [-0.25, -0.2) is 14.8 Å². The molecule has 0 amide bonds. The zero-order chi connectivity index (χ0) is 22.1. The lowest BCUT2D eigenvalue weighted by Gasteiger charge is -2.19. The second-order valence-electron chi connectivity index (χ2n) is 7.44. The molecule has 2 heterocycles. The standard InChI is InChI=1S/C24H21N3O4/c1-13-9-17(15(3)27-19-11-25-12-26-20(19)24(29)30)23-18(10-13)21(28)14(2)22(31-23)16-7-5-4-6-8-16/h4-12,15,27H,1-3H3,(H,29,30). The van der Waals surface area contributed by atoms with E-state index < -0.39 is 5.97 Å². The molecule has 4 aromatic rings. The fourth-order valence-electron chi connectivity index (χ4n) is 3.67. The van der Waals surface area contributed by atoms with Crippen LogP contribution in [0.5, 0.6) is 0 Å². The van der Waals surface area contributed by atoms with Crippen LogP contribution in [-0.4, -0.2) is 21.0 Å². The number of hydrogen-bond acceptors (Lipinski definition) is 6. The highest BCUT2D eigenvalue weighted by atomic mass is 16.4. The highest BCUT2D eigenvalue weighted by Gasteiger charge is 2.20. The molecule has 1 unspecified atom stereocenters. The Morgan fingerprint density at radius 1 is 1.16 bits per heavy atom. The molecular formula is C24H21N3O4. The number of nitrogens with one attached hydrogen (secondary N) is 1. The number of carboxylic acid groups (broad SMARTS) is 1. The first-order valence-corrected chi connectivity index (χ1v) is 9.80. The molecular weight excluding hydrogens is 394 g/mol. The summed E-state index contributed by atoms with van der Waals surface area (Å²) < 4.78 is 6.29. The molecule has 2 aromatic carbocycles. The van der Waals surface area contributed by atoms with E-state index in [1.54, 1.807) is 6.92 Å². The Balaban J connectivity index is 1.89. The number of benzene rings is 2. The number of carboxylic acids is 1. The molecule has 0 bridgehead atoms. The molecule has 0 radical (unpaired) electrons. The first-order valence-electron chi connectivity index (χ1n) is 9.80. The number of rotatable bonds is 5. The lowest BCUT2D eigenvalue weighted by atomic mass is 9.99. The molecule has 7 nitrogen and oxygen atoms in total. The number of aromatic nitrogens is 2. The van der Waals surface area contributed by atoms with Gasteiger partial charge in [-0.3, -0.25) is 4.79 Å². The largest absolute Gasteiger partial charge is 0.476 e. The van der Waals surface area contributed by atoms with Gasteiger partial charge in [0.25, 0.3) is 0 Å². The maximum absolute atomic E-state index is 13.2. The van der Waals surface area contributed by atoms with Crippen LogP contribution in [0.1, 0.15) is 40.1 Å². The van der Waals surface area contributed by atoms with Gasteiger partial charge in [0.1, 0.15) is 17.7 Å². The van der Waals surface area contributed by atoms with Gasteiger partial charge in [0.05, 0.1) is 23.3 Å². The predicted octanol–water partition coefficient (Wildman–Crippen LogP) is 4.74. The van der Waals surface area contributed by atoms with E-state index >= 15 is 0 Å². The van der Waals surface area contributed by atoms with Crippen LogP contribution in [0.15, 0.2) is 64.2 Å².